The first kappa shape index (κ1) is 23.3. The molecule has 0 bridgehead atoms. The average Bonchev–Trinajstić information content (AvgIpc) is 2.71. The molecule has 0 unspecified atom stereocenters. The van der Waals surface area contributed by atoms with Gasteiger partial charge < -0.3 is 10.6 Å². The van der Waals surface area contributed by atoms with Crippen molar-refractivity contribution < 1.29 is 0 Å². The zero-order chi connectivity index (χ0) is 21.9. The van der Waals surface area contributed by atoms with Gasteiger partial charge in [-0.25, -0.2) is 0 Å². The van der Waals surface area contributed by atoms with Crippen molar-refractivity contribution in [1.82, 2.24) is 0 Å². The molecule has 0 spiro atoms. The Morgan fingerprint density at radius 3 is 0.862 bits per heavy atom. The highest BCUT2D eigenvalue weighted by molar-refractivity contribution is 5.65. The molecular formula is C27H42N2. The van der Waals surface area contributed by atoms with Crippen LogP contribution >= 0.6 is 0 Å². The summed E-state index contributed by atoms with van der Waals surface area (Å²) in [5.41, 5.74) is 16.9. The minimum Gasteiger partial charge on any atom is -0.385 e. The summed E-state index contributed by atoms with van der Waals surface area (Å²) in [6, 6.07) is 0. The fraction of sp³-hybridized carbons (Fsp3) is 0.556. The van der Waals surface area contributed by atoms with Gasteiger partial charge in [0.25, 0.3) is 0 Å². The van der Waals surface area contributed by atoms with Gasteiger partial charge in [-0.15, -0.1) is 0 Å². The van der Waals surface area contributed by atoms with Crippen molar-refractivity contribution in [1.29, 1.82) is 0 Å². The summed E-state index contributed by atoms with van der Waals surface area (Å²) in [5, 5.41) is 7.44. The lowest BCUT2D eigenvalue weighted by Crippen LogP contribution is -2.10. The van der Waals surface area contributed by atoms with Crippen LogP contribution in [0.2, 0.25) is 0 Å². The van der Waals surface area contributed by atoms with Crippen LogP contribution in [0.25, 0.3) is 0 Å². The third-order valence-electron chi connectivity index (χ3n) is 7.46. The zero-order valence-corrected chi connectivity index (χ0v) is 20.5. The first-order valence-electron chi connectivity index (χ1n) is 11.2. The van der Waals surface area contributed by atoms with Crippen molar-refractivity contribution in [2.75, 3.05) is 23.7 Å². The Bertz CT molecular complexity index is 759. The lowest BCUT2D eigenvalue weighted by molar-refractivity contribution is 0.720. The summed E-state index contributed by atoms with van der Waals surface area (Å²) in [5.74, 6) is 0. The topological polar surface area (TPSA) is 24.1 Å². The van der Waals surface area contributed by atoms with Gasteiger partial charge in [-0.3, -0.25) is 0 Å². The predicted molar refractivity (Wildman–Crippen MR) is 131 cm³/mol. The Kier molecular flexibility index (Phi) is 7.80. The van der Waals surface area contributed by atoms with Gasteiger partial charge in [0.2, 0.25) is 0 Å². The van der Waals surface area contributed by atoms with Gasteiger partial charge in [-0.1, -0.05) is 0 Å². The molecule has 2 nitrogen and oxygen atoms in total. The standard InChI is InChI=1S/C27H42N2/c1-16-18(3)22(7)26(23(8)19(16)4)28-14-12-11-13-15-29-27-24(9)20(5)17(2)21(6)25(27)10/h28-29H,11-15H2,1-10H3. The second kappa shape index (κ2) is 9.69. The quantitative estimate of drug-likeness (QED) is 0.454. The van der Waals surface area contributed by atoms with E-state index < -0.39 is 0 Å². The fourth-order valence-electron chi connectivity index (χ4n) is 4.38. The molecular weight excluding hydrogens is 352 g/mol. The average molecular weight is 395 g/mol. The lowest BCUT2D eigenvalue weighted by Gasteiger charge is -2.20. The lowest BCUT2D eigenvalue weighted by atomic mass is 9.93. The Balaban J connectivity index is 1.84. The van der Waals surface area contributed by atoms with E-state index in [9.17, 15) is 0 Å². The van der Waals surface area contributed by atoms with Gasteiger partial charge in [0.05, 0.1) is 0 Å². The highest BCUT2D eigenvalue weighted by Gasteiger charge is 2.12. The second-order valence-electron chi connectivity index (χ2n) is 8.91. The molecule has 0 aromatic heterocycles. The maximum absolute atomic E-state index is 3.72. The SMILES string of the molecule is Cc1c(C)c(C)c(NCCCCCNc2c(C)c(C)c(C)c(C)c2C)c(C)c1C. The molecule has 2 aromatic carbocycles. The van der Waals surface area contributed by atoms with E-state index >= 15 is 0 Å². The summed E-state index contributed by atoms with van der Waals surface area (Å²) >= 11 is 0. The molecule has 0 aliphatic rings. The molecule has 2 aromatic rings. The molecule has 0 fully saturated rings. The molecule has 0 aliphatic carbocycles. The van der Waals surface area contributed by atoms with Gasteiger partial charge in [0.15, 0.2) is 0 Å². The van der Waals surface area contributed by atoms with Crippen LogP contribution < -0.4 is 10.6 Å². The molecule has 2 N–H and O–H groups in total. The molecule has 0 saturated carbocycles. The Labute approximate surface area is 179 Å². The number of anilines is 2. The van der Waals surface area contributed by atoms with Crippen molar-refractivity contribution in [3.05, 3.63) is 55.6 Å². The highest BCUT2D eigenvalue weighted by atomic mass is 14.9. The monoisotopic (exact) mass is 394 g/mol. The number of rotatable bonds is 8. The molecule has 0 aliphatic heterocycles. The number of hydrogen-bond donors (Lipinski definition) is 2. The third-order valence-corrected chi connectivity index (χ3v) is 7.46. The predicted octanol–water partition coefficient (Wildman–Crippen LogP) is 7.47. The second-order valence-corrected chi connectivity index (χ2v) is 8.91. The summed E-state index contributed by atoms with van der Waals surface area (Å²) < 4.78 is 0. The van der Waals surface area contributed by atoms with Crippen molar-refractivity contribution >= 4 is 11.4 Å². The molecule has 0 amide bonds. The molecule has 29 heavy (non-hydrogen) atoms. The van der Waals surface area contributed by atoms with E-state index in [1.165, 1.54) is 86.3 Å². The molecule has 0 radical (unpaired) electrons. The van der Waals surface area contributed by atoms with Crippen molar-refractivity contribution in [3.8, 4) is 0 Å². The van der Waals surface area contributed by atoms with Crippen LogP contribution in [0.15, 0.2) is 0 Å². The zero-order valence-electron chi connectivity index (χ0n) is 20.5. The van der Waals surface area contributed by atoms with E-state index in [2.05, 4.69) is 79.9 Å². The maximum atomic E-state index is 3.72. The summed E-state index contributed by atoms with van der Waals surface area (Å²) in [7, 11) is 0. The summed E-state index contributed by atoms with van der Waals surface area (Å²) in [6.07, 6.45) is 3.65. The van der Waals surface area contributed by atoms with Crippen LogP contribution in [0.4, 0.5) is 11.4 Å². The number of nitrogens with one attached hydrogen (secondary N) is 2. The van der Waals surface area contributed by atoms with Crippen LogP contribution in [0.5, 0.6) is 0 Å². The van der Waals surface area contributed by atoms with E-state index in [1.807, 2.05) is 0 Å². The highest BCUT2D eigenvalue weighted by Crippen LogP contribution is 2.31. The van der Waals surface area contributed by atoms with E-state index in [0.29, 0.717) is 0 Å². The number of hydrogen-bond acceptors (Lipinski definition) is 2. The van der Waals surface area contributed by atoms with E-state index in [4.69, 9.17) is 0 Å². The van der Waals surface area contributed by atoms with Gasteiger partial charge in [-0.2, -0.15) is 0 Å². The van der Waals surface area contributed by atoms with Gasteiger partial charge >= 0.3 is 0 Å². The Morgan fingerprint density at radius 2 is 0.586 bits per heavy atom. The van der Waals surface area contributed by atoms with E-state index in [0.717, 1.165) is 13.1 Å². The number of unbranched alkanes of at least 4 members (excludes halogenated alkanes) is 2. The minimum absolute atomic E-state index is 1.05. The van der Waals surface area contributed by atoms with E-state index in [1.54, 1.807) is 0 Å². The van der Waals surface area contributed by atoms with Crippen LogP contribution in [-0.2, 0) is 0 Å². The van der Waals surface area contributed by atoms with Gasteiger partial charge in [0.1, 0.15) is 0 Å². The van der Waals surface area contributed by atoms with Crippen LogP contribution in [0, 0.1) is 69.2 Å². The number of benzene rings is 2. The van der Waals surface area contributed by atoms with Crippen molar-refractivity contribution in [2.24, 2.45) is 0 Å². The Hall–Kier alpha value is -1.96. The van der Waals surface area contributed by atoms with Crippen molar-refractivity contribution in [3.63, 3.8) is 0 Å². The van der Waals surface area contributed by atoms with E-state index in [-0.39, 0.29) is 0 Å². The Morgan fingerprint density at radius 1 is 0.345 bits per heavy atom. The molecule has 0 heterocycles. The normalized spacial score (nSPS) is 11.1. The first-order valence-corrected chi connectivity index (χ1v) is 11.2. The first-order chi connectivity index (χ1) is 13.6. The van der Waals surface area contributed by atoms with Crippen molar-refractivity contribution in [2.45, 2.75) is 88.5 Å². The van der Waals surface area contributed by atoms with Gasteiger partial charge in [0, 0.05) is 24.5 Å². The summed E-state index contributed by atoms with van der Waals surface area (Å²) in [4.78, 5) is 0. The van der Waals surface area contributed by atoms with Crippen LogP contribution in [-0.4, -0.2) is 13.1 Å². The third kappa shape index (κ3) is 4.79. The molecule has 160 valence electrons. The largest absolute Gasteiger partial charge is 0.385 e. The molecule has 0 atom stereocenters. The van der Waals surface area contributed by atoms with Crippen LogP contribution in [0.3, 0.4) is 0 Å². The fourth-order valence-corrected chi connectivity index (χ4v) is 4.38. The molecule has 2 heteroatoms. The summed E-state index contributed by atoms with van der Waals surface area (Å²) in [6.45, 7) is 24.5. The van der Waals surface area contributed by atoms with Gasteiger partial charge in [-0.05, 0) is 144 Å². The smallest absolute Gasteiger partial charge is 0.0405 e. The maximum Gasteiger partial charge on any atom is 0.0405 e. The van der Waals surface area contributed by atoms with Crippen LogP contribution in [0.1, 0.15) is 74.9 Å². The molecule has 2 rings (SSSR count). The molecule has 0 saturated heterocycles. The minimum atomic E-state index is 1.05.